The summed E-state index contributed by atoms with van der Waals surface area (Å²) in [5, 5.41) is 3.47. The lowest BCUT2D eigenvalue weighted by Gasteiger charge is -2.14. The monoisotopic (exact) mass is 241 g/mol. The Bertz CT molecular complexity index is 490. The molecule has 0 aromatic heterocycles. The Balaban J connectivity index is 3.08. The molecule has 0 atom stereocenters. The van der Waals surface area contributed by atoms with Crippen molar-refractivity contribution in [2.75, 3.05) is 0 Å². The summed E-state index contributed by atoms with van der Waals surface area (Å²) in [5.74, 6) is 0. The van der Waals surface area contributed by atoms with Crippen LogP contribution in [0.15, 0.2) is 48.2 Å². The zero-order valence-electron chi connectivity index (χ0n) is 12.0. The number of nitrogens with one attached hydrogen (secondary N) is 1. The molecule has 0 aliphatic rings. The van der Waals surface area contributed by atoms with E-state index in [1.807, 2.05) is 19.9 Å². The van der Waals surface area contributed by atoms with E-state index in [2.05, 4.69) is 62.5 Å². The van der Waals surface area contributed by atoms with Gasteiger partial charge in [0.15, 0.2) is 0 Å². The largest absolute Gasteiger partial charge is 0.356 e. The molecule has 0 aliphatic carbocycles. The third-order valence-corrected chi connectivity index (χ3v) is 2.91. The summed E-state index contributed by atoms with van der Waals surface area (Å²) in [6, 6.07) is 6.54. The van der Waals surface area contributed by atoms with Crippen LogP contribution >= 0.6 is 0 Å². The Morgan fingerprint density at radius 1 is 1.06 bits per heavy atom. The summed E-state index contributed by atoms with van der Waals surface area (Å²) < 4.78 is 0. The SMILES string of the molecule is C/C=C\C(=C/C)N/C(=C/C)c1cc(C)ccc1C. The summed E-state index contributed by atoms with van der Waals surface area (Å²) >= 11 is 0. The minimum Gasteiger partial charge on any atom is -0.356 e. The summed E-state index contributed by atoms with van der Waals surface area (Å²) in [5.41, 5.74) is 6.11. The standard InChI is InChI=1S/C17H23N/c1-6-9-15(7-2)18-17(8-3)16-12-13(4)10-11-14(16)5/h6-12,18H,1-5H3/b9-6-,15-7+,17-8+. The molecule has 1 aromatic rings. The molecule has 18 heavy (non-hydrogen) atoms. The fourth-order valence-electron chi connectivity index (χ4n) is 1.87. The molecule has 0 aliphatic heterocycles. The maximum absolute atomic E-state index is 3.47. The molecule has 0 bridgehead atoms. The first-order valence-electron chi connectivity index (χ1n) is 6.42. The molecule has 0 spiro atoms. The Kier molecular flexibility index (Phi) is 5.44. The highest BCUT2D eigenvalue weighted by Gasteiger charge is 2.05. The van der Waals surface area contributed by atoms with Crippen molar-refractivity contribution in [3.05, 3.63) is 64.9 Å². The van der Waals surface area contributed by atoms with Crippen LogP contribution in [0.1, 0.15) is 37.5 Å². The van der Waals surface area contributed by atoms with E-state index in [9.17, 15) is 0 Å². The lowest BCUT2D eigenvalue weighted by Crippen LogP contribution is -2.11. The van der Waals surface area contributed by atoms with Crippen molar-refractivity contribution in [3.63, 3.8) is 0 Å². The number of rotatable bonds is 4. The molecule has 0 saturated heterocycles. The zero-order chi connectivity index (χ0) is 13.5. The number of hydrogen-bond donors (Lipinski definition) is 1. The maximum atomic E-state index is 3.47. The minimum absolute atomic E-state index is 1.12. The van der Waals surface area contributed by atoms with Crippen molar-refractivity contribution >= 4 is 5.70 Å². The molecule has 0 fully saturated rings. The summed E-state index contributed by atoms with van der Waals surface area (Å²) in [6.45, 7) is 10.4. The normalized spacial score (nSPS) is 13.2. The van der Waals surface area contributed by atoms with Crippen molar-refractivity contribution < 1.29 is 0 Å². The van der Waals surface area contributed by atoms with Crippen LogP contribution in [0.2, 0.25) is 0 Å². The first kappa shape index (κ1) is 14.3. The van der Waals surface area contributed by atoms with E-state index in [-0.39, 0.29) is 0 Å². The topological polar surface area (TPSA) is 12.0 Å². The average molecular weight is 241 g/mol. The molecular weight excluding hydrogens is 218 g/mol. The molecule has 0 heterocycles. The number of hydrogen-bond acceptors (Lipinski definition) is 1. The van der Waals surface area contributed by atoms with Gasteiger partial charge >= 0.3 is 0 Å². The predicted molar refractivity (Wildman–Crippen MR) is 81.3 cm³/mol. The van der Waals surface area contributed by atoms with Gasteiger partial charge in [-0.2, -0.15) is 0 Å². The van der Waals surface area contributed by atoms with Gasteiger partial charge in [-0.05, 0) is 52.3 Å². The third-order valence-electron chi connectivity index (χ3n) is 2.91. The highest BCUT2D eigenvalue weighted by Crippen LogP contribution is 2.19. The fraction of sp³-hybridized carbons (Fsp3) is 0.294. The molecule has 1 N–H and O–H groups in total. The molecule has 1 nitrogen and oxygen atoms in total. The van der Waals surface area contributed by atoms with E-state index in [1.165, 1.54) is 16.7 Å². The smallest absolute Gasteiger partial charge is 0.0417 e. The second-order valence-electron chi connectivity index (χ2n) is 4.39. The fourth-order valence-corrected chi connectivity index (χ4v) is 1.87. The molecular formula is C17H23N. The van der Waals surface area contributed by atoms with E-state index in [0.717, 1.165) is 11.4 Å². The van der Waals surface area contributed by atoms with Crippen LogP contribution in [0.3, 0.4) is 0 Å². The van der Waals surface area contributed by atoms with E-state index < -0.39 is 0 Å². The quantitative estimate of drug-likeness (QED) is 0.751. The Morgan fingerprint density at radius 3 is 2.33 bits per heavy atom. The van der Waals surface area contributed by atoms with Gasteiger partial charge in [-0.15, -0.1) is 0 Å². The van der Waals surface area contributed by atoms with Crippen LogP contribution in [-0.2, 0) is 0 Å². The summed E-state index contributed by atoms with van der Waals surface area (Å²) in [6.07, 6.45) is 8.32. The second kappa shape index (κ2) is 6.85. The highest BCUT2D eigenvalue weighted by atomic mass is 14.9. The molecule has 0 radical (unpaired) electrons. The summed E-state index contributed by atoms with van der Waals surface area (Å²) in [7, 11) is 0. The predicted octanol–water partition coefficient (Wildman–Crippen LogP) is 4.73. The minimum atomic E-state index is 1.12. The highest BCUT2D eigenvalue weighted by molar-refractivity contribution is 5.68. The molecule has 0 amide bonds. The molecule has 96 valence electrons. The lowest BCUT2D eigenvalue weighted by molar-refractivity contribution is 1.11. The van der Waals surface area contributed by atoms with Crippen LogP contribution in [0.5, 0.6) is 0 Å². The van der Waals surface area contributed by atoms with Gasteiger partial charge in [-0.1, -0.05) is 35.9 Å². The summed E-state index contributed by atoms with van der Waals surface area (Å²) in [4.78, 5) is 0. The molecule has 0 unspecified atom stereocenters. The van der Waals surface area contributed by atoms with Crippen molar-refractivity contribution in [1.82, 2.24) is 5.32 Å². The van der Waals surface area contributed by atoms with Gasteiger partial charge in [0, 0.05) is 17.0 Å². The first-order valence-corrected chi connectivity index (χ1v) is 6.42. The van der Waals surface area contributed by atoms with E-state index in [4.69, 9.17) is 0 Å². The van der Waals surface area contributed by atoms with Gasteiger partial charge in [-0.25, -0.2) is 0 Å². The molecule has 1 heteroatoms. The zero-order valence-corrected chi connectivity index (χ0v) is 12.0. The number of benzene rings is 1. The van der Waals surface area contributed by atoms with Gasteiger partial charge in [0.1, 0.15) is 0 Å². The number of allylic oxidation sites excluding steroid dienone is 4. The van der Waals surface area contributed by atoms with Crippen LogP contribution < -0.4 is 5.32 Å². The van der Waals surface area contributed by atoms with Crippen LogP contribution in [0.4, 0.5) is 0 Å². The van der Waals surface area contributed by atoms with Gasteiger partial charge < -0.3 is 5.32 Å². The van der Waals surface area contributed by atoms with Crippen LogP contribution in [0, 0.1) is 13.8 Å². The Labute approximate surface area is 111 Å². The first-order chi connectivity index (χ1) is 8.62. The maximum Gasteiger partial charge on any atom is 0.0417 e. The lowest BCUT2D eigenvalue weighted by atomic mass is 10.0. The van der Waals surface area contributed by atoms with Gasteiger partial charge in [0.2, 0.25) is 0 Å². The molecule has 1 aromatic carbocycles. The van der Waals surface area contributed by atoms with Crippen LogP contribution in [0.25, 0.3) is 5.70 Å². The second-order valence-corrected chi connectivity index (χ2v) is 4.39. The van der Waals surface area contributed by atoms with Crippen molar-refractivity contribution in [2.24, 2.45) is 0 Å². The van der Waals surface area contributed by atoms with Crippen LogP contribution in [-0.4, -0.2) is 0 Å². The van der Waals surface area contributed by atoms with E-state index >= 15 is 0 Å². The molecule has 0 saturated carbocycles. The Hall–Kier alpha value is -1.76. The van der Waals surface area contributed by atoms with Gasteiger partial charge in [0.05, 0.1) is 0 Å². The third kappa shape index (κ3) is 3.63. The Morgan fingerprint density at radius 2 is 1.78 bits per heavy atom. The average Bonchev–Trinajstić information content (AvgIpc) is 2.37. The van der Waals surface area contributed by atoms with Crippen molar-refractivity contribution in [3.8, 4) is 0 Å². The van der Waals surface area contributed by atoms with E-state index in [1.54, 1.807) is 0 Å². The van der Waals surface area contributed by atoms with Crippen molar-refractivity contribution in [2.45, 2.75) is 34.6 Å². The van der Waals surface area contributed by atoms with Crippen molar-refractivity contribution in [1.29, 1.82) is 0 Å². The molecule has 1 rings (SSSR count). The van der Waals surface area contributed by atoms with Gasteiger partial charge in [-0.3, -0.25) is 0 Å². The van der Waals surface area contributed by atoms with E-state index in [0.29, 0.717) is 0 Å². The van der Waals surface area contributed by atoms with Gasteiger partial charge in [0.25, 0.3) is 0 Å². The number of aryl methyl sites for hydroxylation is 2.